The van der Waals surface area contributed by atoms with Gasteiger partial charge in [-0.3, -0.25) is 4.79 Å². The molecule has 0 bridgehead atoms. The highest BCUT2D eigenvalue weighted by Crippen LogP contribution is 2.37. The number of benzene rings is 6. The summed E-state index contributed by atoms with van der Waals surface area (Å²) < 4.78 is 12.1. The number of phenolic OH excluding ortho intramolecular Hbond substituents is 2. The van der Waals surface area contributed by atoms with Gasteiger partial charge in [-0.25, -0.2) is 14.4 Å². The number of carbonyl (C=O) groups excluding carboxylic acids is 2. The van der Waals surface area contributed by atoms with Crippen LogP contribution in [0.3, 0.4) is 0 Å². The van der Waals surface area contributed by atoms with Crippen molar-refractivity contribution in [1.82, 2.24) is 0 Å². The SMILES string of the molecule is CCCCCCCCCCCCc1c(C(=O)Oc2ccc3c(C(CCCCC(=O)O)OC(=O)c4ccc5cc(O)ccc5c4)c(C(=O)O)ccc3c2)ccc2cc(O)ccc12. The number of aryl methyl sites for hydroxylation is 1. The first-order valence-electron chi connectivity index (χ1n) is 21.4. The van der Waals surface area contributed by atoms with E-state index in [1.807, 2.05) is 6.07 Å². The molecule has 0 heterocycles. The van der Waals surface area contributed by atoms with Crippen molar-refractivity contribution < 1.29 is 49.1 Å². The quantitative estimate of drug-likeness (QED) is 0.0294. The van der Waals surface area contributed by atoms with Crippen LogP contribution in [0.5, 0.6) is 17.2 Å². The predicted octanol–water partition coefficient (Wildman–Crippen LogP) is 12.5. The summed E-state index contributed by atoms with van der Waals surface area (Å²) in [6.07, 6.45) is 12.1. The van der Waals surface area contributed by atoms with Crippen molar-refractivity contribution in [3.63, 3.8) is 0 Å². The van der Waals surface area contributed by atoms with Crippen molar-refractivity contribution >= 4 is 56.2 Å². The van der Waals surface area contributed by atoms with Crippen molar-refractivity contribution in [3.05, 3.63) is 125 Å². The smallest absolute Gasteiger partial charge is 0.343 e. The summed E-state index contributed by atoms with van der Waals surface area (Å²) in [6, 6.07) is 26.2. The number of aromatic hydroxyl groups is 2. The normalized spacial score (nSPS) is 11.8. The van der Waals surface area contributed by atoms with Gasteiger partial charge < -0.3 is 29.9 Å². The number of aliphatic carboxylic acids is 1. The van der Waals surface area contributed by atoms with Gasteiger partial charge in [-0.05, 0) is 131 Å². The number of ether oxygens (including phenoxy) is 2. The first-order valence-corrected chi connectivity index (χ1v) is 21.4. The van der Waals surface area contributed by atoms with Crippen molar-refractivity contribution in [1.29, 1.82) is 0 Å². The first kappa shape index (κ1) is 44.1. The fraction of sp³-hybridized carbons (Fsp3) is 0.333. The van der Waals surface area contributed by atoms with E-state index in [4.69, 9.17) is 9.47 Å². The number of carboxylic acids is 2. The monoisotopic (exact) mass is 826 g/mol. The molecule has 1 atom stereocenters. The minimum atomic E-state index is -1.23. The molecule has 0 spiro atoms. The van der Waals surface area contributed by atoms with Gasteiger partial charge in [0.05, 0.1) is 16.7 Å². The standard InChI is InChI=1S/C51H54O10/c1-2-3-4-5-6-7-8-9-10-11-14-43-41-27-23-39(53)31-35(41)20-25-44(43)51(59)60-40-24-28-42-36(32-40)21-26-45(49(56)57)48(42)46(15-12-13-16-47(54)55)61-50(58)37-18-17-34-30-38(52)22-19-33(34)29-37/h17-32,46,52-53H,2-16H2,1H3,(H,54,55)(H,56,57). The predicted molar refractivity (Wildman–Crippen MR) is 237 cm³/mol. The molecule has 0 saturated carbocycles. The molecule has 0 amide bonds. The van der Waals surface area contributed by atoms with Crippen LogP contribution in [0.4, 0.5) is 0 Å². The molecule has 0 aliphatic carbocycles. The number of rotatable bonds is 22. The zero-order valence-corrected chi connectivity index (χ0v) is 34.7. The average molecular weight is 827 g/mol. The Labute approximate surface area is 355 Å². The highest BCUT2D eigenvalue weighted by molar-refractivity contribution is 6.02. The number of aromatic carboxylic acids is 1. The Morgan fingerprint density at radius 1 is 0.557 bits per heavy atom. The third-order valence-corrected chi connectivity index (χ3v) is 11.3. The van der Waals surface area contributed by atoms with Crippen molar-refractivity contribution in [2.75, 3.05) is 0 Å². The van der Waals surface area contributed by atoms with Crippen LogP contribution in [0.25, 0.3) is 32.3 Å². The lowest BCUT2D eigenvalue weighted by molar-refractivity contribution is -0.137. The Morgan fingerprint density at radius 3 is 1.85 bits per heavy atom. The molecule has 6 aromatic rings. The fourth-order valence-corrected chi connectivity index (χ4v) is 8.15. The summed E-state index contributed by atoms with van der Waals surface area (Å²) in [4.78, 5) is 51.7. The summed E-state index contributed by atoms with van der Waals surface area (Å²) in [5.74, 6) is -2.99. The summed E-state index contributed by atoms with van der Waals surface area (Å²) in [7, 11) is 0. The Bertz CT molecular complexity index is 2520. The molecule has 10 heteroatoms. The lowest BCUT2D eigenvalue weighted by Crippen LogP contribution is -2.16. The molecule has 6 aromatic carbocycles. The lowest BCUT2D eigenvalue weighted by Gasteiger charge is -2.22. The number of esters is 2. The summed E-state index contributed by atoms with van der Waals surface area (Å²) in [5.41, 5.74) is 1.66. The minimum Gasteiger partial charge on any atom is -0.508 e. The van der Waals surface area contributed by atoms with Crippen LogP contribution < -0.4 is 4.74 Å². The van der Waals surface area contributed by atoms with Gasteiger partial charge in [-0.1, -0.05) is 101 Å². The number of unbranched alkanes of at least 4 members (excludes halogenated alkanes) is 10. The van der Waals surface area contributed by atoms with E-state index in [0.717, 1.165) is 35.6 Å². The van der Waals surface area contributed by atoms with E-state index >= 15 is 0 Å². The lowest BCUT2D eigenvalue weighted by atomic mass is 9.92. The van der Waals surface area contributed by atoms with E-state index in [0.29, 0.717) is 39.9 Å². The highest BCUT2D eigenvalue weighted by Gasteiger charge is 2.27. The van der Waals surface area contributed by atoms with Crippen LogP contribution in [0.2, 0.25) is 0 Å². The summed E-state index contributed by atoms with van der Waals surface area (Å²) in [5, 5.41) is 43.8. The van der Waals surface area contributed by atoms with Crippen LogP contribution in [-0.2, 0) is 16.0 Å². The molecular weight excluding hydrogens is 773 g/mol. The van der Waals surface area contributed by atoms with Crippen molar-refractivity contribution in [2.24, 2.45) is 0 Å². The maximum atomic E-state index is 14.0. The van der Waals surface area contributed by atoms with Crippen LogP contribution in [0.1, 0.15) is 145 Å². The zero-order chi connectivity index (χ0) is 43.3. The highest BCUT2D eigenvalue weighted by atomic mass is 16.5. The van der Waals surface area contributed by atoms with Crippen LogP contribution >= 0.6 is 0 Å². The molecule has 4 N–H and O–H groups in total. The second kappa shape index (κ2) is 21.2. The topological polar surface area (TPSA) is 168 Å². The first-order chi connectivity index (χ1) is 29.5. The second-order valence-electron chi connectivity index (χ2n) is 15.8. The van der Waals surface area contributed by atoms with E-state index in [2.05, 4.69) is 6.92 Å². The van der Waals surface area contributed by atoms with Gasteiger partial charge >= 0.3 is 23.9 Å². The number of fused-ring (bicyclic) bond motifs is 3. The number of phenols is 2. The molecular formula is C51H54O10. The molecule has 61 heavy (non-hydrogen) atoms. The molecule has 0 saturated heterocycles. The Kier molecular flexibility index (Phi) is 15.3. The van der Waals surface area contributed by atoms with Gasteiger partial charge in [-0.2, -0.15) is 0 Å². The number of hydrogen-bond acceptors (Lipinski definition) is 8. The Balaban J connectivity index is 1.25. The van der Waals surface area contributed by atoms with Crippen LogP contribution in [-0.4, -0.2) is 44.3 Å². The van der Waals surface area contributed by atoms with E-state index in [-0.39, 0.29) is 53.2 Å². The van der Waals surface area contributed by atoms with E-state index in [9.17, 15) is 39.6 Å². The zero-order valence-electron chi connectivity index (χ0n) is 34.7. The van der Waals surface area contributed by atoms with E-state index in [1.165, 1.54) is 57.1 Å². The summed E-state index contributed by atoms with van der Waals surface area (Å²) in [6.45, 7) is 2.22. The van der Waals surface area contributed by atoms with Crippen LogP contribution in [0.15, 0.2) is 97.1 Å². The molecule has 1 unspecified atom stereocenters. The molecule has 0 aliphatic heterocycles. The van der Waals surface area contributed by atoms with Crippen molar-refractivity contribution in [3.8, 4) is 17.2 Å². The summed E-state index contributed by atoms with van der Waals surface area (Å²) >= 11 is 0. The maximum absolute atomic E-state index is 14.0. The molecule has 6 rings (SSSR count). The number of carboxylic acid groups (broad SMARTS) is 2. The minimum absolute atomic E-state index is 0.0823. The second-order valence-corrected chi connectivity index (χ2v) is 15.8. The molecule has 0 aliphatic rings. The third kappa shape index (κ3) is 11.7. The Hall–Kier alpha value is -6.42. The third-order valence-electron chi connectivity index (χ3n) is 11.3. The molecule has 318 valence electrons. The van der Waals surface area contributed by atoms with Gasteiger partial charge in [-0.15, -0.1) is 0 Å². The molecule has 0 fully saturated rings. The Morgan fingerprint density at radius 2 is 1.15 bits per heavy atom. The molecule has 0 radical (unpaired) electrons. The fourth-order valence-electron chi connectivity index (χ4n) is 8.15. The van der Waals surface area contributed by atoms with E-state index < -0.39 is 30.0 Å². The van der Waals surface area contributed by atoms with Gasteiger partial charge in [0.15, 0.2) is 0 Å². The number of hydrogen-bond donors (Lipinski definition) is 4. The van der Waals surface area contributed by atoms with Crippen molar-refractivity contribution in [2.45, 2.75) is 109 Å². The largest absolute Gasteiger partial charge is 0.508 e. The van der Waals surface area contributed by atoms with Gasteiger partial charge in [0.2, 0.25) is 0 Å². The average Bonchev–Trinajstić information content (AvgIpc) is 3.24. The molecule has 0 aromatic heterocycles. The maximum Gasteiger partial charge on any atom is 0.343 e. The van der Waals surface area contributed by atoms with Gasteiger partial charge in [0, 0.05) is 12.0 Å². The number of carbonyl (C=O) groups is 4. The van der Waals surface area contributed by atoms with Crippen LogP contribution in [0, 0.1) is 0 Å². The molecule has 10 nitrogen and oxygen atoms in total. The van der Waals surface area contributed by atoms with E-state index in [1.54, 1.807) is 78.9 Å². The van der Waals surface area contributed by atoms with Gasteiger partial charge in [0.25, 0.3) is 0 Å². The van der Waals surface area contributed by atoms with Gasteiger partial charge in [0.1, 0.15) is 23.4 Å².